The predicted octanol–water partition coefficient (Wildman–Crippen LogP) is 3.07. The molecule has 0 heterocycles. The Morgan fingerprint density at radius 2 is 1.67 bits per heavy atom. The van der Waals surface area contributed by atoms with Gasteiger partial charge < -0.3 is 5.73 Å². The SMILES string of the molecule is CCCCC1(N)CCCCC1.C[As](C)O. The van der Waals surface area contributed by atoms with Gasteiger partial charge in [0.05, 0.1) is 0 Å². The molecular weight excluding hydrogens is 249 g/mol. The summed E-state index contributed by atoms with van der Waals surface area (Å²) in [4.78, 5) is 0. The molecule has 0 amide bonds. The van der Waals surface area contributed by atoms with Crippen LogP contribution >= 0.6 is 0 Å². The molecule has 0 aromatic heterocycles. The zero-order chi connectivity index (χ0) is 11.7. The van der Waals surface area contributed by atoms with Crippen molar-refractivity contribution in [3.8, 4) is 0 Å². The molecular formula is C12H28AsNO. The quantitative estimate of drug-likeness (QED) is 0.779. The van der Waals surface area contributed by atoms with Gasteiger partial charge in [-0.3, -0.25) is 0 Å². The van der Waals surface area contributed by atoms with E-state index < -0.39 is 15.0 Å². The van der Waals surface area contributed by atoms with Crippen molar-refractivity contribution in [3.05, 3.63) is 0 Å². The van der Waals surface area contributed by atoms with Crippen LogP contribution in [-0.2, 0) is 0 Å². The molecule has 15 heavy (non-hydrogen) atoms. The van der Waals surface area contributed by atoms with E-state index in [4.69, 9.17) is 9.83 Å². The third-order valence-electron chi connectivity index (χ3n) is 2.88. The second-order valence-corrected chi connectivity index (χ2v) is 8.43. The summed E-state index contributed by atoms with van der Waals surface area (Å²) in [6.07, 6.45) is 10.5. The van der Waals surface area contributed by atoms with Crippen molar-refractivity contribution in [2.75, 3.05) is 0 Å². The molecule has 0 atom stereocenters. The third-order valence-corrected chi connectivity index (χ3v) is 2.88. The monoisotopic (exact) mass is 277 g/mol. The van der Waals surface area contributed by atoms with Gasteiger partial charge in [-0.1, -0.05) is 39.0 Å². The molecule has 1 aliphatic carbocycles. The van der Waals surface area contributed by atoms with E-state index in [1.807, 2.05) is 11.4 Å². The Labute approximate surface area is 100 Å². The molecule has 0 saturated heterocycles. The van der Waals surface area contributed by atoms with Crippen LogP contribution in [0.4, 0.5) is 0 Å². The fourth-order valence-corrected chi connectivity index (χ4v) is 2.03. The van der Waals surface area contributed by atoms with Gasteiger partial charge >= 0.3 is 30.5 Å². The van der Waals surface area contributed by atoms with Crippen LogP contribution in [0.25, 0.3) is 0 Å². The molecule has 1 saturated carbocycles. The molecule has 3 N–H and O–H groups in total. The van der Waals surface area contributed by atoms with Gasteiger partial charge in [0, 0.05) is 5.54 Å². The van der Waals surface area contributed by atoms with Crippen molar-refractivity contribution in [1.82, 2.24) is 0 Å². The fraction of sp³-hybridized carbons (Fsp3) is 1.00. The first-order valence-electron chi connectivity index (χ1n) is 6.15. The number of hydrogen-bond donors (Lipinski definition) is 2. The van der Waals surface area contributed by atoms with Gasteiger partial charge in [-0.05, 0) is 19.3 Å². The van der Waals surface area contributed by atoms with E-state index in [0.717, 1.165) is 0 Å². The van der Waals surface area contributed by atoms with E-state index in [1.165, 1.54) is 51.4 Å². The third kappa shape index (κ3) is 9.41. The summed E-state index contributed by atoms with van der Waals surface area (Å²) in [5.41, 5.74) is 10.2. The van der Waals surface area contributed by atoms with Gasteiger partial charge in [0.25, 0.3) is 0 Å². The minimum absolute atomic E-state index is 0.230. The Hall–Kier alpha value is 0.478. The van der Waals surface area contributed by atoms with E-state index in [2.05, 4.69) is 6.92 Å². The first-order chi connectivity index (χ1) is 7.00. The Kier molecular flexibility index (Phi) is 8.88. The summed E-state index contributed by atoms with van der Waals surface area (Å²) in [7, 11) is 0. The topological polar surface area (TPSA) is 46.2 Å². The zero-order valence-corrected chi connectivity index (χ0v) is 12.5. The van der Waals surface area contributed by atoms with E-state index in [0.29, 0.717) is 0 Å². The molecule has 1 aliphatic rings. The van der Waals surface area contributed by atoms with Crippen LogP contribution in [0.3, 0.4) is 0 Å². The summed E-state index contributed by atoms with van der Waals surface area (Å²) in [5, 5.41) is 0. The second kappa shape index (κ2) is 8.61. The maximum atomic E-state index is 8.20. The van der Waals surface area contributed by atoms with E-state index in [-0.39, 0.29) is 5.54 Å². The van der Waals surface area contributed by atoms with Gasteiger partial charge in [0.1, 0.15) is 0 Å². The van der Waals surface area contributed by atoms with Crippen molar-refractivity contribution < 1.29 is 4.10 Å². The van der Waals surface area contributed by atoms with Gasteiger partial charge in [0.2, 0.25) is 0 Å². The first kappa shape index (κ1) is 15.5. The van der Waals surface area contributed by atoms with Crippen LogP contribution in [0.1, 0.15) is 58.3 Å². The predicted molar refractivity (Wildman–Crippen MR) is 69.2 cm³/mol. The van der Waals surface area contributed by atoms with Crippen molar-refractivity contribution in [3.63, 3.8) is 0 Å². The normalized spacial score (nSPS) is 19.6. The van der Waals surface area contributed by atoms with Gasteiger partial charge in [0.15, 0.2) is 0 Å². The van der Waals surface area contributed by atoms with Crippen molar-refractivity contribution in [2.45, 2.75) is 75.3 Å². The second-order valence-electron chi connectivity index (χ2n) is 4.87. The molecule has 0 aliphatic heterocycles. The van der Waals surface area contributed by atoms with Gasteiger partial charge in [-0.15, -0.1) is 0 Å². The first-order valence-corrected chi connectivity index (χ1v) is 10.7. The molecule has 3 heteroatoms. The van der Waals surface area contributed by atoms with Crippen LogP contribution in [0.15, 0.2) is 0 Å². The number of rotatable bonds is 3. The molecule has 0 unspecified atom stereocenters. The molecule has 1 rings (SSSR count). The number of nitrogens with two attached hydrogens (primary N) is 1. The fourth-order valence-electron chi connectivity index (χ4n) is 2.03. The Bertz CT molecular complexity index is 142. The number of unbranched alkanes of at least 4 members (excludes halogenated alkanes) is 1. The molecule has 2 nitrogen and oxygen atoms in total. The van der Waals surface area contributed by atoms with E-state index in [9.17, 15) is 0 Å². The Morgan fingerprint density at radius 3 is 2.07 bits per heavy atom. The van der Waals surface area contributed by atoms with E-state index in [1.54, 1.807) is 0 Å². The average molecular weight is 277 g/mol. The molecule has 0 aromatic rings. The van der Waals surface area contributed by atoms with Crippen LogP contribution in [0.2, 0.25) is 11.4 Å². The Morgan fingerprint density at radius 1 is 1.20 bits per heavy atom. The standard InChI is InChI=1S/C10H21N.C2H7AsO/c1-2-3-7-10(11)8-5-4-6-9-10;1-3(2)4/h2-9,11H2,1H3;4H,1-2H3. The maximum absolute atomic E-state index is 8.20. The van der Waals surface area contributed by atoms with Gasteiger partial charge in [-0.2, -0.15) is 0 Å². The van der Waals surface area contributed by atoms with Gasteiger partial charge in [-0.25, -0.2) is 0 Å². The van der Waals surface area contributed by atoms with Crippen LogP contribution in [0, 0.1) is 0 Å². The van der Waals surface area contributed by atoms with E-state index >= 15 is 0 Å². The summed E-state index contributed by atoms with van der Waals surface area (Å²) in [6, 6.07) is 0. The summed E-state index contributed by atoms with van der Waals surface area (Å²) >= 11 is -1.19. The molecule has 1 fully saturated rings. The molecule has 0 bridgehead atoms. The zero-order valence-electron chi connectivity index (χ0n) is 10.6. The molecule has 92 valence electrons. The number of hydrogen-bond acceptors (Lipinski definition) is 2. The van der Waals surface area contributed by atoms with Crippen LogP contribution in [-0.4, -0.2) is 24.6 Å². The summed E-state index contributed by atoms with van der Waals surface area (Å²) in [5.74, 6) is 0. The van der Waals surface area contributed by atoms with Crippen molar-refractivity contribution in [2.24, 2.45) is 5.73 Å². The minimum atomic E-state index is -1.19. The molecule has 0 spiro atoms. The van der Waals surface area contributed by atoms with Crippen LogP contribution < -0.4 is 5.73 Å². The Balaban J connectivity index is 0.000000423. The molecule has 0 radical (unpaired) electrons. The van der Waals surface area contributed by atoms with Crippen LogP contribution in [0.5, 0.6) is 0 Å². The molecule has 0 aromatic carbocycles. The summed E-state index contributed by atoms with van der Waals surface area (Å²) < 4.78 is 8.20. The van der Waals surface area contributed by atoms with Crippen molar-refractivity contribution in [1.29, 1.82) is 0 Å². The van der Waals surface area contributed by atoms with Crippen molar-refractivity contribution >= 4 is 15.0 Å². The average Bonchev–Trinajstić information content (AvgIpc) is 2.15. The summed E-state index contributed by atoms with van der Waals surface area (Å²) in [6.45, 7) is 2.24.